The van der Waals surface area contributed by atoms with Crippen LogP contribution in [0.3, 0.4) is 0 Å². The molecule has 0 aromatic carbocycles. The highest BCUT2D eigenvalue weighted by Gasteiger charge is 2.11. The lowest BCUT2D eigenvalue weighted by Gasteiger charge is -2.16. The third-order valence-electron chi connectivity index (χ3n) is 6.52. The molecular weight excluding hydrogens is 771 g/mol. The van der Waals surface area contributed by atoms with Crippen LogP contribution in [-0.2, 0) is 19.0 Å². The van der Waals surface area contributed by atoms with Gasteiger partial charge in [-0.15, -0.1) is 0 Å². The number of carbonyl (C=O) groups is 2. The van der Waals surface area contributed by atoms with Gasteiger partial charge in [-0.05, 0) is 19.3 Å². The highest BCUT2D eigenvalue weighted by Crippen LogP contribution is 2.13. The molecule has 0 aliphatic rings. The Labute approximate surface area is 396 Å². The predicted octanol–water partition coefficient (Wildman–Crippen LogP) is 20.0. The highest BCUT2D eigenvalue weighted by atomic mass is 16.6. The van der Waals surface area contributed by atoms with E-state index in [1.165, 1.54) is 148 Å². The summed E-state index contributed by atoms with van der Waals surface area (Å²) in [4.78, 5) is 22.2. The number of nitrogens with one attached hydrogen (secondary N) is 1. The number of unbranched alkanes of at least 4 members (excludes halogenated alkanes) is 17. The zero-order chi connectivity index (χ0) is 50.2. The van der Waals surface area contributed by atoms with Gasteiger partial charge in [-0.1, -0.05) is 286 Å². The molecule has 0 aromatic heterocycles. The van der Waals surface area contributed by atoms with Crippen LogP contribution in [0, 0.1) is 0 Å². The van der Waals surface area contributed by atoms with Gasteiger partial charge < -0.3 is 24.6 Å². The van der Waals surface area contributed by atoms with Crippen molar-refractivity contribution in [1.82, 2.24) is 5.32 Å². The van der Waals surface area contributed by atoms with Crippen molar-refractivity contribution in [1.29, 1.82) is 0 Å². The normalized spacial score (nSPS) is 9.35. The van der Waals surface area contributed by atoms with Gasteiger partial charge in [-0.25, -0.2) is 4.79 Å². The fourth-order valence-electron chi connectivity index (χ4n) is 4.14. The summed E-state index contributed by atoms with van der Waals surface area (Å²) in [6.45, 7) is 42.0. The van der Waals surface area contributed by atoms with Crippen molar-refractivity contribution in [2.24, 2.45) is 0 Å². The van der Waals surface area contributed by atoms with E-state index in [1.54, 1.807) is 7.11 Å². The number of carbonyl (C=O) groups excluding carboxylic acids is 1. The Bertz CT molecular complexity index is 582. The van der Waals surface area contributed by atoms with E-state index in [0.717, 1.165) is 19.3 Å². The molecule has 0 rings (SSSR count). The number of ether oxygens (including phenoxy) is 3. The summed E-state index contributed by atoms with van der Waals surface area (Å²) in [5.41, 5.74) is 0. The van der Waals surface area contributed by atoms with E-state index >= 15 is 0 Å². The van der Waals surface area contributed by atoms with Crippen molar-refractivity contribution in [3.05, 3.63) is 0 Å². The first-order valence-electron chi connectivity index (χ1n) is 27.1. The Morgan fingerprint density at radius 2 is 0.726 bits per heavy atom. The molecule has 1 unspecified atom stereocenters. The van der Waals surface area contributed by atoms with E-state index in [-0.39, 0.29) is 19.1 Å². The zero-order valence-corrected chi connectivity index (χ0v) is 47.2. The Kier molecular flexibility index (Phi) is 146. The number of hydrogen-bond donors (Lipinski definition) is 2. The second kappa shape index (κ2) is 108. The van der Waals surface area contributed by atoms with Gasteiger partial charge in [0.15, 0.2) is 0 Å². The number of carboxylic acid groups (broad SMARTS) is 1. The van der Waals surface area contributed by atoms with Gasteiger partial charge >= 0.3 is 12.1 Å². The van der Waals surface area contributed by atoms with Gasteiger partial charge in [-0.2, -0.15) is 0 Å². The van der Waals surface area contributed by atoms with Crippen molar-refractivity contribution >= 4 is 12.1 Å². The molecule has 62 heavy (non-hydrogen) atoms. The molecule has 0 saturated heterocycles. The van der Waals surface area contributed by atoms with Gasteiger partial charge in [0.25, 0.3) is 0 Å². The van der Waals surface area contributed by atoms with Crippen LogP contribution in [0.2, 0.25) is 0 Å². The molecule has 0 heterocycles. The molecule has 7 heteroatoms. The van der Waals surface area contributed by atoms with Crippen molar-refractivity contribution in [2.45, 2.75) is 317 Å². The molecule has 388 valence electrons. The SMILES string of the molecule is CC.CCC.CCC.CCC.CCC.CCC.CCC.CCC.CCC.CCCCCCCCCCCCCCCCCCOCC(COC(=O)NCCCCCC(=O)O)OC. The lowest BCUT2D eigenvalue weighted by molar-refractivity contribution is -0.137. The fraction of sp³-hybridized carbons (Fsp3) is 0.964. The minimum absolute atomic E-state index is 0.153. The van der Waals surface area contributed by atoms with Crippen LogP contribution in [0.4, 0.5) is 4.79 Å². The van der Waals surface area contributed by atoms with Gasteiger partial charge in [-0.3, -0.25) is 4.79 Å². The van der Waals surface area contributed by atoms with Crippen LogP contribution in [0.5, 0.6) is 0 Å². The molecule has 1 atom stereocenters. The van der Waals surface area contributed by atoms with Gasteiger partial charge in [0, 0.05) is 26.7 Å². The first-order chi connectivity index (χ1) is 29.9. The number of alkyl carbamates (subject to hydrolysis) is 1. The quantitative estimate of drug-likeness (QED) is 0.0760. The first kappa shape index (κ1) is 84.1. The van der Waals surface area contributed by atoms with E-state index < -0.39 is 12.1 Å². The smallest absolute Gasteiger partial charge is 0.407 e. The van der Waals surface area contributed by atoms with E-state index in [9.17, 15) is 9.59 Å². The van der Waals surface area contributed by atoms with Crippen LogP contribution < -0.4 is 5.32 Å². The van der Waals surface area contributed by atoms with Crippen LogP contribution in [-0.4, -0.2) is 56.7 Å². The summed E-state index contributed by atoms with van der Waals surface area (Å²) in [7, 11) is 1.59. The fourth-order valence-corrected chi connectivity index (χ4v) is 4.14. The van der Waals surface area contributed by atoms with Crippen molar-refractivity contribution in [3.8, 4) is 0 Å². The van der Waals surface area contributed by atoms with Crippen LogP contribution >= 0.6 is 0 Å². The predicted molar refractivity (Wildman–Crippen MR) is 286 cm³/mol. The van der Waals surface area contributed by atoms with Crippen LogP contribution in [0.1, 0.15) is 311 Å². The number of methoxy groups -OCH3 is 1. The molecule has 0 bridgehead atoms. The topological polar surface area (TPSA) is 94.1 Å². The Balaban J connectivity index is -0.000000106. The van der Waals surface area contributed by atoms with E-state index in [1.807, 2.05) is 13.8 Å². The summed E-state index contributed by atoms with van der Waals surface area (Å²) >= 11 is 0. The van der Waals surface area contributed by atoms with Gasteiger partial charge in [0.2, 0.25) is 0 Å². The summed E-state index contributed by atoms with van der Waals surface area (Å²) < 4.78 is 16.2. The molecule has 0 aliphatic carbocycles. The first-order valence-corrected chi connectivity index (χ1v) is 27.1. The minimum atomic E-state index is -0.787. The van der Waals surface area contributed by atoms with Crippen LogP contribution in [0.15, 0.2) is 0 Å². The maximum atomic E-state index is 11.7. The zero-order valence-electron chi connectivity index (χ0n) is 47.2. The Morgan fingerprint density at radius 3 is 1.02 bits per heavy atom. The van der Waals surface area contributed by atoms with Crippen molar-refractivity contribution in [2.75, 3.05) is 33.5 Å². The Morgan fingerprint density at radius 1 is 0.435 bits per heavy atom. The minimum Gasteiger partial charge on any atom is -0.481 e. The van der Waals surface area contributed by atoms with Crippen LogP contribution in [0.25, 0.3) is 0 Å². The summed E-state index contributed by atoms with van der Waals surface area (Å²) in [6, 6.07) is 0. The largest absolute Gasteiger partial charge is 0.481 e. The maximum absolute atomic E-state index is 11.7. The molecule has 0 spiro atoms. The lowest BCUT2D eigenvalue weighted by Crippen LogP contribution is -2.31. The number of rotatable bonds is 28. The number of carboxylic acids is 1. The third-order valence-corrected chi connectivity index (χ3v) is 6.52. The number of amides is 1. The third kappa shape index (κ3) is 162. The standard InChI is InChI=1S/C29H57NO6.8C3H8.C2H6/c1-3-4-5-6-7-8-9-10-11-12-13-14-15-16-17-21-24-35-25-27(34-2)26-36-29(33)30-23-20-18-19-22-28(31)32;8*1-3-2;1-2/h27H,3-26H2,1-2H3,(H,30,33)(H,31,32);8*3H2,1-2H3;1-2H3. The summed E-state index contributed by atoms with van der Waals surface area (Å²) in [5.74, 6) is -0.787. The molecule has 0 aliphatic heterocycles. The Hall–Kier alpha value is -1.34. The molecule has 2 N–H and O–H groups in total. The highest BCUT2D eigenvalue weighted by molar-refractivity contribution is 5.67. The molecule has 0 radical (unpaired) electrons. The van der Waals surface area contributed by atoms with Gasteiger partial charge in [0.1, 0.15) is 12.7 Å². The maximum Gasteiger partial charge on any atom is 0.407 e. The average molecular weight is 899 g/mol. The number of aliphatic carboxylic acids is 1. The second-order valence-electron chi connectivity index (χ2n) is 15.6. The molecule has 0 fully saturated rings. The molecule has 1 amide bonds. The van der Waals surface area contributed by atoms with Gasteiger partial charge in [0.05, 0.1) is 6.61 Å². The summed E-state index contributed by atoms with van der Waals surface area (Å²) in [5, 5.41) is 11.3. The lowest BCUT2D eigenvalue weighted by atomic mass is 10.0. The molecule has 7 nitrogen and oxygen atoms in total. The van der Waals surface area contributed by atoms with E-state index in [0.29, 0.717) is 26.2 Å². The van der Waals surface area contributed by atoms with E-state index in [4.69, 9.17) is 19.3 Å². The summed E-state index contributed by atoms with van der Waals surface area (Å²) in [6.07, 6.45) is 33.2. The molecule has 0 saturated carbocycles. The van der Waals surface area contributed by atoms with E-state index in [2.05, 4.69) is 123 Å². The van der Waals surface area contributed by atoms with Crippen molar-refractivity contribution < 1.29 is 28.9 Å². The molecular formula is C55H127NO6. The monoisotopic (exact) mass is 898 g/mol. The van der Waals surface area contributed by atoms with Crippen molar-refractivity contribution in [3.63, 3.8) is 0 Å². The number of hydrogen-bond acceptors (Lipinski definition) is 5. The second-order valence-corrected chi connectivity index (χ2v) is 15.6. The molecule has 0 aromatic rings. The average Bonchev–Trinajstić information content (AvgIpc) is 3.23.